The summed E-state index contributed by atoms with van der Waals surface area (Å²) in [6.45, 7) is 3.78. The molecule has 2 heterocycles. The molecule has 1 amide bonds. The Bertz CT molecular complexity index is 884. The zero-order valence-electron chi connectivity index (χ0n) is 12.5. The standard InChI is InChI=1S/C15H13N3O4S/c1-3-21-14(20)9-4-5-10-12(7-9)23-15(16-10)17-13(19)11-6-8(2)22-18-11/h4-7H,3H2,1-2H3,(H,16,17,19). The molecule has 0 fully saturated rings. The molecule has 1 N–H and O–H groups in total. The van der Waals surface area contributed by atoms with E-state index in [1.165, 1.54) is 11.3 Å². The van der Waals surface area contributed by atoms with Crippen LogP contribution in [0, 0.1) is 6.92 Å². The van der Waals surface area contributed by atoms with Crippen LogP contribution in [0.4, 0.5) is 5.13 Å². The number of nitrogens with zero attached hydrogens (tertiary/aromatic N) is 2. The highest BCUT2D eigenvalue weighted by atomic mass is 32.1. The van der Waals surface area contributed by atoms with Crippen LogP contribution in [0.15, 0.2) is 28.8 Å². The second kappa shape index (κ2) is 6.17. The number of amides is 1. The quantitative estimate of drug-likeness (QED) is 0.739. The molecule has 0 aliphatic rings. The summed E-state index contributed by atoms with van der Waals surface area (Å²) in [5, 5.41) is 6.74. The molecule has 0 saturated heterocycles. The van der Waals surface area contributed by atoms with Crippen LogP contribution >= 0.6 is 11.3 Å². The highest BCUT2D eigenvalue weighted by Gasteiger charge is 2.15. The summed E-state index contributed by atoms with van der Waals surface area (Å²) >= 11 is 1.27. The van der Waals surface area contributed by atoms with Crippen molar-refractivity contribution < 1.29 is 18.8 Å². The van der Waals surface area contributed by atoms with Crippen LogP contribution in [-0.4, -0.2) is 28.6 Å². The molecule has 3 rings (SSSR count). The van der Waals surface area contributed by atoms with E-state index >= 15 is 0 Å². The van der Waals surface area contributed by atoms with Gasteiger partial charge < -0.3 is 9.26 Å². The number of benzene rings is 1. The number of hydrogen-bond acceptors (Lipinski definition) is 7. The van der Waals surface area contributed by atoms with Crippen molar-refractivity contribution in [3.05, 3.63) is 41.3 Å². The number of ether oxygens (including phenoxy) is 1. The van der Waals surface area contributed by atoms with Gasteiger partial charge in [-0.15, -0.1) is 0 Å². The Morgan fingerprint density at radius 2 is 2.17 bits per heavy atom. The summed E-state index contributed by atoms with van der Waals surface area (Å²) in [4.78, 5) is 28.1. The molecular formula is C15H13N3O4S. The molecule has 0 saturated carbocycles. The van der Waals surface area contributed by atoms with E-state index in [4.69, 9.17) is 9.26 Å². The molecule has 23 heavy (non-hydrogen) atoms. The van der Waals surface area contributed by atoms with E-state index in [9.17, 15) is 9.59 Å². The third kappa shape index (κ3) is 3.21. The molecule has 7 nitrogen and oxygen atoms in total. The SMILES string of the molecule is CCOC(=O)c1ccc2nc(NC(=O)c3cc(C)on3)sc2c1. The molecule has 8 heteroatoms. The predicted molar refractivity (Wildman–Crippen MR) is 84.8 cm³/mol. The Balaban J connectivity index is 1.82. The Labute approximate surface area is 135 Å². The van der Waals surface area contributed by atoms with E-state index in [1.807, 2.05) is 0 Å². The zero-order chi connectivity index (χ0) is 16.4. The van der Waals surface area contributed by atoms with Gasteiger partial charge in [0.25, 0.3) is 5.91 Å². The molecule has 0 unspecified atom stereocenters. The van der Waals surface area contributed by atoms with E-state index in [1.54, 1.807) is 38.1 Å². The summed E-state index contributed by atoms with van der Waals surface area (Å²) in [5.74, 6) is -0.225. The minimum absolute atomic E-state index is 0.189. The predicted octanol–water partition coefficient (Wildman–Crippen LogP) is 3.02. The van der Waals surface area contributed by atoms with Crippen molar-refractivity contribution in [2.24, 2.45) is 0 Å². The number of nitrogens with one attached hydrogen (secondary N) is 1. The third-order valence-corrected chi connectivity index (χ3v) is 3.91. The lowest BCUT2D eigenvalue weighted by Gasteiger charge is -2.00. The fraction of sp³-hybridized carbons (Fsp3) is 0.200. The first-order valence-electron chi connectivity index (χ1n) is 6.89. The van der Waals surface area contributed by atoms with Crippen LogP contribution in [0.25, 0.3) is 10.2 Å². The number of esters is 1. The van der Waals surface area contributed by atoms with Crippen molar-refractivity contribution >= 4 is 38.6 Å². The van der Waals surface area contributed by atoms with Crippen LogP contribution in [0.3, 0.4) is 0 Å². The highest BCUT2D eigenvalue weighted by molar-refractivity contribution is 7.22. The average molecular weight is 331 g/mol. The zero-order valence-corrected chi connectivity index (χ0v) is 13.3. The van der Waals surface area contributed by atoms with E-state index < -0.39 is 5.91 Å². The van der Waals surface area contributed by atoms with Crippen molar-refractivity contribution in [3.8, 4) is 0 Å². The number of fused-ring (bicyclic) bond motifs is 1. The molecular weight excluding hydrogens is 318 g/mol. The summed E-state index contributed by atoms with van der Waals surface area (Å²) in [7, 11) is 0. The monoisotopic (exact) mass is 331 g/mol. The normalized spacial score (nSPS) is 10.7. The van der Waals surface area contributed by atoms with Crippen LogP contribution in [0.1, 0.15) is 33.5 Å². The van der Waals surface area contributed by atoms with Gasteiger partial charge in [0.1, 0.15) is 5.76 Å². The lowest BCUT2D eigenvalue weighted by molar-refractivity contribution is 0.0526. The topological polar surface area (TPSA) is 94.3 Å². The van der Waals surface area contributed by atoms with Gasteiger partial charge in [0.15, 0.2) is 10.8 Å². The smallest absolute Gasteiger partial charge is 0.338 e. The molecule has 1 aromatic carbocycles. The molecule has 3 aromatic rings. The minimum Gasteiger partial charge on any atom is -0.462 e. The molecule has 0 aliphatic heterocycles. The molecule has 118 valence electrons. The first-order chi connectivity index (χ1) is 11.1. The van der Waals surface area contributed by atoms with Gasteiger partial charge >= 0.3 is 5.97 Å². The van der Waals surface area contributed by atoms with Crippen LogP contribution in [0.5, 0.6) is 0 Å². The van der Waals surface area contributed by atoms with Gasteiger partial charge in [0.05, 0.1) is 22.4 Å². The second-order valence-electron chi connectivity index (χ2n) is 4.70. The second-order valence-corrected chi connectivity index (χ2v) is 5.73. The van der Waals surface area contributed by atoms with Crippen molar-refractivity contribution in [1.29, 1.82) is 0 Å². The van der Waals surface area contributed by atoms with Gasteiger partial charge in [-0.05, 0) is 32.0 Å². The summed E-state index contributed by atoms with van der Waals surface area (Å²) in [6.07, 6.45) is 0. The Morgan fingerprint density at radius 1 is 1.35 bits per heavy atom. The molecule has 0 spiro atoms. The Kier molecular flexibility index (Phi) is 4.07. The number of aryl methyl sites for hydroxylation is 1. The summed E-state index contributed by atoms with van der Waals surface area (Å²) in [6, 6.07) is 6.60. The fourth-order valence-electron chi connectivity index (χ4n) is 1.95. The molecule has 0 bridgehead atoms. The van der Waals surface area contributed by atoms with Gasteiger partial charge in [-0.3, -0.25) is 10.1 Å². The summed E-state index contributed by atoms with van der Waals surface area (Å²) in [5.41, 5.74) is 1.33. The van der Waals surface area contributed by atoms with Gasteiger partial charge in [-0.1, -0.05) is 16.5 Å². The van der Waals surface area contributed by atoms with Crippen LogP contribution < -0.4 is 5.32 Å². The highest BCUT2D eigenvalue weighted by Crippen LogP contribution is 2.27. The largest absolute Gasteiger partial charge is 0.462 e. The number of anilines is 1. The third-order valence-electron chi connectivity index (χ3n) is 2.98. The molecule has 2 aromatic heterocycles. The number of thiazole rings is 1. The van der Waals surface area contributed by atoms with Gasteiger partial charge in [-0.2, -0.15) is 0 Å². The van der Waals surface area contributed by atoms with E-state index in [0.717, 1.165) is 4.70 Å². The maximum Gasteiger partial charge on any atom is 0.338 e. The molecule has 0 aliphatic carbocycles. The molecule has 0 radical (unpaired) electrons. The van der Waals surface area contributed by atoms with Gasteiger partial charge in [-0.25, -0.2) is 9.78 Å². The number of carbonyl (C=O) groups excluding carboxylic acids is 2. The molecule has 0 atom stereocenters. The first kappa shape index (κ1) is 15.2. The maximum absolute atomic E-state index is 12.0. The number of aromatic nitrogens is 2. The number of carbonyl (C=O) groups is 2. The Morgan fingerprint density at radius 3 is 2.87 bits per heavy atom. The fourth-order valence-corrected chi connectivity index (χ4v) is 2.85. The van der Waals surface area contributed by atoms with E-state index in [-0.39, 0.29) is 11.7 Å². The minimum atomic E-state index is -0.397. The summed E-state index contributed by atoms with van der Waals surface area (Å²) < 4.78 is 10.6. The maximum atomic E-state index is 12.0. The van der Waals surface area contributed by atoms with E-state index in [0.29, 0.717) is 28.6 Å². The number of rotatable bonds is 4. The van der Waals surface area contributed by atoms with Crippen molar-refractivity contribution in [2.75, 3.05) is 11.9 Å². The van der Waals surface area contributed by atoms with E-state index in [2.05, 4.69) is 15.5 Å². The van der Waals surface area contributed by atoms with Crippen molar-refractivity contribution in [3.63, 3.8) is 0 Å². The van der Waals surface area contributed by atoms with Crippen molar-refractivity contribution in [1.82, 2.24) is 10.1 Å². The van der Waals surface area contributed by atoms with Gasteiger partial charge in [0, 0.05) is 6.07 Å². The van der Waals surface area contributed by atoms with Crippen molar-refractivity contribution in [2.45, 2.75) is 13.8 Å². The Hall–Kier alpha value is -2.74. The number of hydrogen-bond donors (Lipinski definition) is 1. The lowest BCUT2D eigenvalue weighted by Crippen LogP contribution is -2.11. The van der Waals surface area contributed by atoms with Gasteiger partial charge in [0.2, 0.25) is 0 Å². The average Bonchev–Trinajstić information content (AvgIpc) is 3.12. The van der Waals surface area contributed by atoms with Crippen LogP contribution in [0.2, 0.25) is 0 Å². The van der Waals surface area contributed by atoms with Crippen LogP contribution in [-0.2, 0) is 4.74 Å². The lowest BCUT2D eigenvalue weighted by atomic mass is 10.2. The first-order valence-corrected chi connectivity index (χ1v) is 7.71.